The molecule has 0 aliphatic carbocycles. The van der Waals surface area contributed by atoms with E-state index in [1.54, 1.807) is 11.8 Å². The van der Waals surface area contributed by atoms with Gasteiger partial charge in [0.1, 0.15) is 0 Å². The van der Waals surface area contributed by atoms with Crippen LogP contribution in [0.3, 0.4) is 0 Å². The van der Waals surface area contributed by atoms with Crippen LogP contribution in [-0.2, 0) is 0 Å². The molecule has 2 amide bonds. The standard InChI is InChI=1S/C17H26N2OS/c1-5-7-13(2)16-12-15(9-8-14(16)3)19-17(20)18-10-6-11-21-4/h7-9,12H,5-6,10-11H2,1-4H3,(H2,18,19,20). The van der Waals surface area contributed by atoms with E-state index >= 15 is 0 Å². The molecule has 0 saturated carbocycles. The first kappa shape index (κ1) is 17.6. The summed E-state index contributed by atoms with van der Waals surface area (Å²) in [7, 11) is 0. The highest BCUT2D eigenvalue weighted by Gasteiger charge is 2.05. The van der Waals surface area contributed by atoms with Gasteiger partial charge in [0.05, 0.1) is 0 Å². The van der Waals surface area contributed by atoms with Gasteiger partial charge in [-0.3, -0.25) is 0 Å². The summed E-state index contributed by atoms with van der Waals surface area (Å²) in [5, 5.41) is 5.78. The molecule has 0 spiro atoms. The molecular weight excluding hydrogens is 280 g/mol. The summed E-state index contributed by atoms with van der Waals surface area (Å²) < 4.78 is 0. The number of rotatable bonds is 7. The van der Waals surface area contributed by atoms with Gasteiger partial charge < -0.3 is 10.6 Å². The molecule has 21 heavy (non-hydrogen) atoms. The average molecular weight is 306 g/mol. The first-order valence-electron chi connectivity index (χ1n) is 7.40. The number of benzene rings is 1. The molecule has 0 bridgehead atoms. The van der Waals surface area contributed by atoms with E-state index in [0.29, 0.717) is 6.54 Å². The fourth-order valence-electron chi connectivity index (χ4n) is 2.13. The van der Waals surface area contributed by atoms with Gasteiger partial charge in [-0.1, -0.05) is 19.1 Å². The Kier molecular flexibility index (Phi) is 7.98. The summed E-state index contributed by atoms with van der Waals surface area (Å²) in [4.78, 5) is 11.8. The number of allylic oxidation sites excluding steroid dienone is 2. The predicted octanol–water partition coefficient (Wildman–Crippen LogP) is 4.68. The predicted molar refractivity (Wildman–Crippen MR) is 95.1 cm³/mol. The van der Waals surface area contributed by atoms with Crippen LogP contribution >= 0.6 is 11.8 Å². The van der Waals surface area contributed by atoms with Crippen LogP contribution in [0.4, 0.5) is 10.5 Å². The van der Waals surface area contributed by atoms with E-state index in [9.17, 15) is 4.79 Å². The van der Waals surface area contributed by atoms with Crippen molar-refractivity contribution in [2.75, 3.05) is 23.9 Å². The molecule has 0 aliphatic heterocycles. The number of amides is 2. The zero-order valence-corrected chi connectivity index (χ0v) is 14.3. The molecule has 0 radical (unpaired) electrons. The molecule has 1 aromatic rings. The van der Waals surface area contributed by atoms with Gasteiger partial charge >= 0.3 is 6.03 Å². The fraction of sp³-hybridized carbons (Fsp3) is 0.471. The molecule has 2 N–H and O–H groups in total. The van der Waals surface area contributed by atoms with Crippen molar-refractivity contribution in [1.29, 1.82) is 0 Å². The Balaban J connectivity index is 2.65. The maximum atomic E-state index is 11.8. The number of carbonyl (C=O) groups is 1. The van der Waals surface area contributed by atoms with Gasteiger partial charge in [0, 0.05) is 12.2 Å². The molecule has 116 valence electrons. The highest BCUT2D eigenvalue weighted by atomic mass is 32.2. The van der Waals surface area contributed by atoms with Crippen molar-refractivity contribution in [2.24, 2.45) is 0 Å². The summed E-state index contributed by atoms with van der Waals surface area (Å²) in [5.41, 5.74) is 4.50. The van der Waals surface area contributed by atoms with Crippen LogP contribution in [0.1, 0.15) is 37.8 Å². The lowest BCUT2D eigenvalue weighted by Gasteiger charge is -2.11. The van der Waals surface area contributed by atoms with E-state index in [2.05, 4.69) is 43.7 Å². The number of urea groups is 1. The minimum Gasteiger partial charge on any atom is -0.338 e. The van der Waals surface area contributed by atoms with Crippen molar-refractivity contribution in [2.45, 2.75) is 33.6 Å². The molecule has 0 atom stereocenters. The van der Waals surface area contributed by atoms with Gasteiger partial charge in [-0.2, -0.15) is 11.8 Å². The number of thioether (sulfide) groups is 1. The lowest BCUT2D eigenvalue weighted by molar-refractivity contribution is 0.252. The third-order valence-electron chi connectivity index (χ3n) is 3.24. The molecular formula is C17H26N2OS. The highest BCUT2D eigenvalue weighted by Crippen LogP contribution is 2.23. The Labute approximate surface area is 132 Å². The largest absolute Gasteiger partial charge is 0.338 e. The van der Waals surface area contributed by atoms with Crippen molar-refractivity contribution in [1.82, 2.24) is 5.32 Å². The average Bonchev–Trinajstić information content (AvgIpc) is 2.46. The Morgan fingerprint density at radius 2 is 2.14 bits per heavy atom. The third kappa shape index (κ3) is 6.25. The first-order valence-corrected chi connectivity index (χ1v) is 8.79. The van der Waals surface area contributed by atoms with E-state index in [-0.39, 0.29) is 6.03 Å². The van der Waals surface area contributed by atoms with Crippen LogP contribution < -0.4 is 10.6 Å². The Morgan fingerprint density at radius 3 is 2.81 bits per heavy atom. The molecule has 0 aromatic heterocycles. The molecule has 4 heteroatoms. The normalized spacial score (nSPS) is 11.3. The van der Waals surface area contributed by atoms with Gasteiger partial charge in [-0.25, -0.2) is 4.79 Å². The number of anilines is 1. The third-order valence-corrected chi connectivity index (χ3v) is 3.94. The molecule has 0 unspecified atom stereocenters. The smallest absolute Gasteiger partial charge is 0.319 e. The Hall–Kier alpha value is -1.42. The summed E-state index contributed by atoms with van der Waals surface area (Å²) in [6.45, 7) is 7.04. The van der Waals surface area contributed by atoms with Crippen LogP contribution in [0, 0.1) is 6.92 Å². The van der Waals surface area contributed by atoms with Crippen LogP contribution in [-0.4, -0.2) is 24.6 Å². The zero-order chi connectivity index (χ0) is 15.7. The molecule has 1 rings (SSSR count). The van der Waals surface area contributed by atoms with Gasteiger partial charge in [-0.05, 0) is 67.5 Å². The maximum absolute atomic E-state index is 11.8. The second-order valence-electron chi connectivity index (χ2n) is 5.05. The molecule has 0 saturated heterocycles. The molecule has 0 heterocycles. The van der Waals surface area contributed by atoms with E-state index in [0.717, 1.165) is 24.3 Å². The molecule has 1 aromatic carbocycles. The Morgan fingerprint density at radius 1 is 1.38 bits per heavy atom. The topological polar surface area (TPSA) is 41.1 Å². The van der Waals surface area contributed by atoms with E-state index in [1.165, 1.54) is 16.7 Å². The molecule has 3 nitrogen and oxygen atoms in total. The van der Waals surface area contributed by atoms with Gasteiger partial charge in [-0.15, -0.1) is 0 Å². The second-order valence-corrected chi connectivity index (χ2v) is 6.04. The summed E-state index contributed by atoms with van der Waals surface area (Å²) >= 11 is 1.79. The summed E-state index contributed by atoms with van der Waals surface area (Å²) in [5.74, 6) is 1.07. The van der Waals surface area contributed by atoms with Gasteiger partial charge in [0.25, 0.3) is 0 Å². The maximum Gasteiger partial charge on any atom is 0.319 e. The van der Waals surface area contributed by atoms with Crippen molar-refractivity contribution < 1.29 is 4.79 Å². The molecule has 0 aliphatic rings. The number of aryl methyl sites for hydroxylation is 1. The van der Waals surface area contributed by atoms with Crippen molar-refractivity contribution in [3.63, 3.8) is 0 Å². The molecule has 0 fully saturated rings. The Bertz CT molecular complexity index is 498. The second kappa shape index (κ2) is 9.50. The van der Waals surface area contributed by atoms with Crippen molar-refractivity contribution in [3.8, 4) is 0 Å². The van der Waals surface area contributed by atoms with Crippen LogP contribution in [0.2, 0.25) is 0 Å². The summed E-state index contributed by atoms with van der Waals surface area (Å²) in [6, 6.07) is 5.90. The lowest BCUT2D eigenvalue weighted by atomic mass is 10.0. The lowest BCUT2D eigenvalue weighted by Crippen LogP contribution is -2.29. The number of hydrogen-bond acceptors (Lipinski definition) is 2. The number of nitrogens with one attached hydrogen (secondary N) is 2. The van der Waals surface area contributed by atoms with Crippen LogP contribution in [0.25, 0.3) is 5.57 Å². The van der Waals surface area contributed by atoms with Crippen molar-refractivity contribution >= 4 is 29.1 Å². The fourth-order valence-corrected chi connectivity index (χ4v) is 2.57. The zero-order valence-electron chi connectivity index (χ0n) is 13.5. The monoisotopic (exact) mass is 306 g/mol. The van der Waals surface area contributed by atoms with Gasteiger partial charge in [0.15, 0.2) is 0 Å². The number of carbonyl (C=O) groups excluding carboxylic acids is 1. The highest BCUT2D eigenvalue weighted by molar-refractivity contribution is 7.98. The van der Waals surface area contributed by atoms with E-state index in [1.807, 2.05) is 18.2 Å². The minimum atomic E-state index is -0.136. The number of hydrogen-bond donors (Lipinski definition) is 2. The van der Waals surface area contributed by atoms with Crippen LogP contribution in [0.15, 0.2) is 24.3 Å². The van der Waals surface area contributed by atoms with Gasteiger partial charge in [0.2, 0.25) is 0 Å². The quantitative estimate of drug-likeness (QED) is 0.718. The minimum absolute atomic E-state index is 0.136. The van der Waals surface area contributed by atoms with Crippen molar-refractivity contribution in [3.05, 3.63) is 35.4 Å². The van der Waals surface area contributed by atoms with Crippen LogP contribution in [0.5, 0.6) is 0 Å². The van der Waals surface area contributed by atoms with E-state index < -0.39 is 0 Å². The van der Waals surface area contributed by atoms with E-state index in [4.69, 9.17) is 0 Å². The first-order chi connectivity index (χ1) is 10.1. The summed E-state index contributed by atoms with van der Waals surface area (Å²) in [6.07, 6.45) is 6.28. The SMILES string of the molecule is CCC=C(C)c1cc(NC(=O)NCCCSC)ccc1C.